The van der Waals surface area contributed by atoms with Gasteiger partial charge in [0.2, 0.25) is 0 Å². The standard InChI is InChI=1S/C32H25F2N3O4/c1-37-17-23(32(39)29(31(37)20-4-5-20)19-6-8-21(33)9-7-19)26(38)14-18-3-10-27(24(34)13-18)41-28-11-12-35-25-15-22(40-2)16-36-30(25)28/h3,6-13,15-17,20H,4-5,14H2,1-2H3. The van der Waals surface area contributed by atoms with Gasteiger partial charge in [-0.3, -0.25) is 14.6 Å². The Morgan fingerprint density at radius 1 is 1.02 bits per heavy atom. The molecule has 9 heteroatoms. The van der Waals surface area contributed by atoms with Gasteiger partial charge >= 0.3 is 0 Å². The first kappa shape index (κ1) is 26.3. The topological polar surface area (TPSA) is 83.3 Å². The summed E-state index contributed by atoms with van der Waals surface area (Å²) >= 11 is 0. The monoisotopic (exact) mass is 553 g/mol. The van der Waals surface area contributed by atoms with E-state index in [9.17, 15) is 14.0 Å². The highest BCUT2D eigenvalue weighted by molar-refractivity contribution is 5.98. The highest BCUT2D eigenvalue weighted by Crippen LogP contribution is 2.43. The number of Topliss-reactive ketones (excluding diaryl/α,β-unsaturated/α-hetero) is 1. The van der Waals surface area contributed by atoms with Crippen molar-refractivity contribution in [3.05, 3.63) is 112 Å². The Morgan fingerprint density at radius 2 is 1.80 bits per heavy atom. The SMILES string of the molecule is COc1cnc2c(Oc3ccc(CC(=O)c4cn(C)c(C5CC5)c(-c5ccc(F)cc5)c4=O)cc3F)ccnc2c1. The maximum atomic E-state index is 15.1. The van der Waals surface area contributed by atoms with Gasteiger partial charge in [-0.25, -0.2) is 13.8 Å². The van der Waals surface area contributed by atoms with Crippen LogP contribution in [0.2, 0.25) is 0 Å². The fourth-order valence-electron chi connectivity index (χ4n) is 5.01. The molecule has 0 amide bonds. The van der Waals surface area contributed by atoms with E-state index in [1.165, 1.54) is 43.8 Å². The second-order valence-corrected chi connectivity index (χ2v) is 10.0. The minimum atomic E-state index is -0.669. The Bertz CT molecular complexity index is 1860. The molecule has 0 radical (unpaired) electrons. The minimum Gasteiger partial charge on any atom is -0.495 e. The van der Waals surface area contributed by atoms with Crippen molar-refractivity contribution in [3.8, 4) is 28.4 Å². The van der Waals surface area contributed by atoms with Crippen LogP contribution in [0.5, 0.6) is 17.2 Å². The Kier molecular flexibility index (Phi) is 6.78. The Balaban J connectivity index is 1.28. The summed E-state index contributed by atoms with van der Waals surface area (Å²) in [7, 11) is 3.33. The number of carbonyl (C=O) groups excluding carboxylic acids is 1. The van der Waals surface area contributed by atoms with Crippen LogP contribution in [0.1, 0.15) is 40.4 Å². The predicted molar refractivity (Wildman–Crippen MR) is 150 cm³/mol. The van der Waals surface area contributed by atoms with Crippen molar-refractivity contribution >= 4 is 16.8 Å². The molecule has 0 atom stereocenters. The number of ether oxygens (including phenoxy) is 2. The molecule has 1 aliphatic rings. The van der Waals surface area contributed by atoms with Gasteiger partial charge in [-0.2, -0.15) is 0 Å². The van der Waals surface area contributed by atoms with Crippen molar-refractivity contribution in [2.24, 2.45) is 7.05 Å². The number of hydrogen-bond acceptors (Lipinski definition) is 6. The van der Waals surface area contributed by atoms with Gasteiger partial charge in [0, 0.05) is 49.3 Å². The first-order valence-corrected chi connectivity index (χ1v) is 13.1. The van der Waals surface area contributed by atoms with Crippen LogP contribution in [-0.2, 0) is 13.5 Å². The van der Waals surface area contributed by atoms with E-state index in [0.717, 1.165) is 18.5 Å². The van der Waals surface area contributed by atoms with E-state index < -0.39 is 22.8 Å². The van der Waals surface area contributed by atoms with Crippen LogP contribution >= 0.6 is 0 Å². The molecule has 3 aromatic heterocycles. The number of carbonyl (C=O) groups is 1. The molecule has 7 nitrogen and oxygen atoms in total. The third-order valence-corrected chi connectivity index (χ3v) is 7.16. The quantitative estimate of drug-likeness (QED) is 0.208. The molecule has 0 saturated heterocycles. The lowest BCUT2D eigenvalue weighted by molar-refractivity contribution is 0.0991. The minimum absolute atomic E-state index is 0.00159. The predicted octanol–water partition coefficient (Wildman–Crippen LogP) is 6.38. The number of aromatic nitrogens is 3. The second-order valence-electron chi connectivity index (χ2n) is 10.0. The highest BCUT2D eigenvalue weighted by atomic mass is 19.1. The van der Waals surface area contributed by atoms with Crippen LogP contribution in [0, 0.1) is 11.6 Å². The maximum absolute atomic E-state index is 15.1. The van der Waals surface area contributed by atoms with Crippen LogP contribution in [0.15, 0.2) is 78.0 Å². The molecule has 206 valence electrons. The summed E-state index contributed by atoms with van der Waals surface area (Å²) in [6, 6.07) is 13.2. The van der Waals surface area contributed by atoms with Crippen molar-refractivity contribution < 1.29 is 23.0 Å². The average Bonchev–Trinajstić information content (AvgIpc) is 3.81. The molecule has 5 aromatic rings. The third-order valence-electron chi connectivity index (χ3n) is 7.16. The molecule has 1 saturated carbocycles. The summed E-state index contributed by atoms with van der Waals surface area (Å²) in [5.74, 6) is -0.505. The van der Waals surface area contributed by atoms with E-state index >= 15 is 4.39 Å². The number of fused-ring (bicyclic) bond motifs is 1. The van der Waals surface area contributed by atoms with E-state index in [1.807, 2.05) is 4.57 Å². The fraction of sp³-hybridized carbons (Fsp3) is 0.188. The van der Waals surface area contributed by atoms with E-state index in [0.29, 0.717) is 39.2 Å². The first-order chi connectivity index (χ1) is 19.8. The highest BCUT2D eigenvalue weighted by Gasteiger charge is 2.31. The van der Waals surface area contributed by atoms with E-state index in [2.05, 4.69) is 9.97 Å². The molecule has 0 spiro atoms. The maximum Gasteiger partial charge on any atom is 0.200 e. The Hall–Kier alpha value is -4.92. The lowest BCUT2D eigenvalue weighted by Gasteiger charge is -2.16. The molecule has 0 unspecified atom stereocenters. The van der Waals surface area contributed by atoms with E-state index in [4.69, 9.17) is 9.47 Å². The van der Waals surface area contributed by atoms with Crippen LogP contribution in [0.25, 0.3) is 22.2 Å². The lowest BCUT2D eigenvalue weighted by Crippen LogP contribution is -2.23. The van der Waals surface area contributed by atoms with E-state index in [-0.39, 0.29) is 23.7 Å². The van der Waals surface area contributed by atoms with Crippen LogP contribution in [0.3, 0.4) is 0 Å². The lowest BCUT2D eigenvalue weighted by atomic mass is 9.95. The molecule has 2 aromatic carbocycles. The van der Waals surface area contributed by atoms with Crippen LogP contribution < -0.4 is 14.9 Å². The van der Waals surface area contributed by atoms with Gasteiger partial charge in [0.25, 0.3) is 0 Å². The molecule has 41 heavy (non-hydrogen) atoms. The van der Waals surface area contributed by atoms with Crippen molar-refractivity contribution in [2.75, 3.05) is 7.11 Å². The zero-order valence-electron chi connectivity index (χ0n) is 22.4. The molecule has 3 heterocycles. The molecular weight excluding hydrogens is 528 g/mol. The van der Waals surface area contributed by atoms with Crippen molar-refractivity contribution in [1.29, 1.82) is 0 Å². The number of ketones is 1. The summed E-state index contributed by atoms with van der Waals surface area (Å²) in [6.07, 6.45) is 6.31. The fourth-order valence-corrected chi connectivity index (χ4v) is 5.01. The van der Waals surface area contributed by atoms with Gasteiger partial charge in [-0.1, -0.05) is 18.2 Å². The Morgan fingerprint density at radius 3 is 2.51 bits per heavy atom. The molecule has 1 fully saturated rings. The van der Waals surface area contributed by atoms with Gasteiger partial charge in [0.15, 0.2) is 28.5 Å². The first-order valence-electron chi connectivity index (χ1n) is 13.1. The number of rotatable bonds is 8. The smallest absolute Gasteiger partial charge is 0.200 e. The van der Waals surface area contributed by atoms with Gasteiger partial charge in [-0.05, 0) is 54.2 Å². The number of benzene rings is 2. The van der Waals surface area contributed by atoms with Crippen LogP contribution in [0.4, 0.5) is 8.78 Å². The van der Waals surface area contributed by atoms with Crippen molar-refractivity contribution in [2.45, 2.75) is 25.2 Å². The van der Waals surface area contributed by atoms with Gasteiger partial charge in [-0.15, -0.1) is 0 Å². The summed E-state index contributed by atoms with van der Waals surface area (Å²) in [4.78, 5) is 35.5. The molecule has 1 aliphatic carbocycles. The molecule has 6 rings (SSSR count). The summed E-state index contributed by atoms with van der Waals surface area (Å²) in [6.45, 7) is 0. The Labute approximate surface area is 234 Å². The molecule has 0 bridgehead atoms. The van der Waals surface area contributed by atoms with Gasteiger partial charge in [0.1, 0.15) is 17.1 Å². The normalized spacial score (nSPS) is 12.9. The zero-order chi connectivity index (χ0) is 28.7. The second kappa shape index (κ2) is 10.6. The largest absolute Gasteiger partial charge is 0.495 e. The van der Waals surface area contributed by atoms with Crippen LogP contribution in [-0.4, -0.2) is 27.4 Å². The number of aryl methyl sites for hydroxylation is 1. The summed E-state index contributed by atoms with van der Waals surface area (Å²) in [5.41, 5.74) is 2.76. The number of nitrogens with zero attached hydrogens (tertiary/aromatic N) is 3. The van der Waals surface area contributed by atoms with E-state index in [1.54, 1.807) is 43.6 Å². The molecule has 0 aliphatic heterocycles. The summed E-state index contributed by atoms with van der Waals surface area (Å²) < 4.78 is 41.5. The van der Waals surface area contributed by atoms with Crippen molar-refractivity contribution in [3.63, 3.8) is 0 Å². The number of halogens is 2. The summed E-state index contributed by atoms with van der Waals surface area (Å²) in [5, 5.41) is 0. The average molecular weight is 554 g/mol. The number of hydrogen-bond donors (Lipinski definition) is 0. The number of pyridine rings is 3. The van der Waals surface area contributed by atoms with Crippen molar-refractivity contribution in [1.82, 2.24) is 14.5 Å². The van der Waals surface area contributed by atoms with Gasteiger partial charge < -0.3 is 14.0 Å². The molecule has 0 N–H and O–H groups in total. The third kappa shape index (κ3) is 5.18. The number of methoxy groups -OCH3 is 1. The van der Waals surface area contributed by atoms with Gasteiger partial charge in [0.05, 0.1) is 24.4 Å². The zero-order valence-corrected chi connectivity index (χ0v) is 22.4. The molecular formula is C32H25F2N3O4.